The molecule has 0 bridgehead atoms. The fourth-order valence-electron chi connectivity index (χ4n) is 4.39. The molecule has 0 aliphatic heterocycles. The van der Waals surface area contributed by atoms with Crippen LogP contribution in [0.3, 0.4) is 0 Å². The van der Waals surface area contributed by atoms with E-state index in [9.17, 15) is 14.9 Å². The number of furan rings is 1. The van der Waals surface area contributed by atoms with Gasteiger partial charge in [0, 0.05) is 37.1 Å². The van der Waals surface area contributed by atoms with Crippen molar-refractivity contribution in [1.82, 2.24) is 9.66 Å². The van der Waals surface area contributed by atoms with E-state index in [1.807, 2.05) is 12.1 Å². The number of nitro benzene ring substituents is 1. The number of rotatable bonds is 7. The largest absolute Gasteiger partial charge is 0.481 e. The minimum absolute atomic E-state index is 0.0553. The summed E-state index contributed by atoms with van der Waals surface area (Å²) in [6, 6.07) is 23.7. The summed E-state index contributed by atoms with van der Waals surface area (Å²) in [6.07, 6.45) is 1.27. The molecule has 0 fully saturated rings. The number of hydrogen-bond acceptors (Lipinski definition) is 7. The van der Waals surface area contributed by atoms with Crippen LogP contribution in [0.25, 0.3) is 33.5 Å². The average molecular weight is 664 g/mol. The van der Waals surface area contributed by atoms with Crippen molar-refractivity contribution in [2.75, 3.05) is 0 Å². The van der Waals surface area contributed by atoms with Gasteiger partial charge >= 0.3 is 5.69 Å². The molecule has 6 aromatic rings. The van der Waals surface area contributed by atoms with E-state index in [0.29, 0.717) is 32.8 Å². The molecule has 0 amide bonds. The minimum Gasteiger partial charge on any atom is -0.481 e. The maximum Gasteiger partial charge on any atom is 0.313 e. The zero-order chi connectivity index (χ0) is 29.4. The Balaban J connectivity index is 1.50. The van der Waals surface area contributed by atoms with Gasteiger partial charge in [0.05, 0.1) is 22.0 Å². The van der Waals surface area contributed by atoms with Crippen molar-refractivity contribution >= 4 is 72.9 Å². The van der Waals surface area contributed by atoms with Crippen LogP contribution >= 0.6 is 39.1 Å². The van der Waals surface area contributed by atoms with Gasteiger partial charge in [-0.3, -0.25) is 14.9 Å². The summed E-state index contributed by atoms with van der Waals surface area (Å²) in [7, 11) is 0. The van der Waals surface area contributed by atoms with E-state index in [4.69, 9.17) is 32.4 Å². The van der Waals surface area contributed by atoms with Gasteiger partial charge < -0.3 is 9.15 Å². The van der Waals surface area contributed by atoms with Crippen LogP contribution in [0, 0.1) is 10.1 Å². The molecule has 0 N–H and O–H groups in total. The third-order valence-corrected chi connectivity index (χ3v) is 7.43. The molecule has 208 valence electrons. The lowest BCUT2D eigenvalue weighted by Gasteiger charge is -2.12. The number of para-hydroxylation sites is 1. The predicted octanol–water partition coefficient (Wildman–Crippen LogP) is 8.25. The number of benzene rings is 4. The summed E-state index contributed by atoms with van der Waals surface area (Å²) >= 11 is 16.0. The molecule has 0 saturated carbocycles. The average Bonchev–Trinajstić information content (AvgIpc) is 3.39. The highest BCUT2D eigenvalue weighted by Crippen LogP contribution is 2.35. The lowest BCUT2D eigenvalue weighted by atomic mass is 10.2. The van der Waals surface area contributed by atoms with Crippen LogP contribution in [0.1, 0.15) is 11.1 Å². The summed E-state index contributed by atoms with van der Waals surface area (Å²) in [4.78, 5) is 29.7. The Kier molecular flexibility index (Phi) is 7.51. The van der Waals surface area contributed by atoms with Crippen LogP contribution < -0.4 is 10.3 Å². The summed E-state index contributed by atoms with van der Waals surface area (Å²) in [5.41, 5.74) is 0.993. The molecule has 6 rings (SSSR count). The van der Waals surface area contributed by atoms with Crippen molar-refractivity contribution in [3.05, 3.63) is 131 Å². The molecule has 12 heteroatoms. The highest BCUT2D eigenvalue weighted by atomic mass is 79.9. The topological polar surface area (TPSA) is 113 Å². The fourth-order valence-corrected chi connectivity index (χ4v) is 5.18. The maximum atomic E-state index is 13.7. The monoisotopic (exact) mass is 662 g/mol. The highest BCUT2D eigenvalue weighted by Gasteiger charge is 2.22. The van der Waals surface area contributed by atoms with Crippen molar-refractivity contribution in [3.8, 4) is 17.3 Å². The molecule has 0 aliphatic carbocycles. The molecule has 2 heterocycles. The van der Waals surface area contributed by atoms with Gasteiger partial charge in [0.2, 0.25) is 11.6 Å². The van der Waals surface area contributed by atoms with Crippen molar-refractivity contribution in [1.29, 1.82) is 0 Å². The summed E-state index contributed by atoms with van der Waals surface area (Å²) in [5, 5.41) is 18.0. The third-order valence-electron chi connectivity index (χ3n) is 6.35. The van der Waals surface area contributed by atoms with Crippen LogP contribution in [0.5, 0.6) is 5.75 Å². The number of nitro groups is 1. The van der Waals surface area contributed by atoms with Crippen molar-refractivity contribution in [2.24, 2.45) is 5.10 Å². The van der Waals surface area contributed by atoms with Crippen molar-refractivity contribution in [2.45, 2.75) is 6.61 Å². The Morgan fingerprint density at radius 3 is 2.64 bits per heavy atom. The van der Waals surface area contributed by atoms with Crippen LogP contribution in [0.4, 0.5) is 5.69 Å². The third kappa shape index (κ3) is 5.39. The van der Waals surface area contributed by atoms with E-state index >= 15 is 0 Å². The summed E-state index contributed by atoms with van der Waals surface area (Å²) < 4.78 is 13.9. The molecule has 0 atom stereocenters. The Hall–Kier alpha value is -4.51. The van der Waals surface area contributed by atoms with Crippen LogP contribution in [0.15, 0.2) is 104 Å². The van der Waals surface area contributed by atoms with Crippen molar-refractivity contribution < 1.29 is 14.1 Å². The lowest BCUT2D eigenvalue weighted by Crippen LogP contribution is -2.20. The second-order valence-electron chi connectivity index (χ2n) is 9.09. The number of halogens is 3. The van der Waals surface area contributed by atoms with Gasteiger partial charge in [-0.05, 0) is 48.5 Å². The Bertz CT molecular complexity index is 2110. The second kappa shape index (κ2) is 11.4. The van der Waals surface area contributed by atoms with Gasteiger partial charge in [0.25, 0.3) is 5.56 Å². The molecular weight excluding hydrogens is 647 g/mol. The first-order valence-electron chi connectivity index (χ1n) is 12.4. The summed E-state index contributed by atoms with van der Waals surface area (Å²) in [5.74, 6) is 0.345. The van der Waals surface area contributed by atoms with Gasteiger partial charge in [-0.1, -0.05) is 69.5 Å². The molecule has 0 spiro atoms. The number of fused-ring (bicyclic) bond motifs is 2. The zero-order valence-electron chi connectivity index (χ0n) is 21.3. The zero-order valence-corrected chi connectivity index (χ0v) is 24.4. The lowest BCUT2D eigenvalue weighted by molar-refractivity contribution is -0.385. The number of hydrogen-bond donors (Lipinski definition) is 0. The number of ether oxygens (including phenoxy) is 1. The molecule has 0 aliphatic rings. The molecule has 9 nitrogen and oxygen atoms in total. The Labute approximate surface area is 255 Å². The van der Waals surface area contributed by atoms with E-state index < -0.39 is 10.5 Å². The Morgan fingerprint density at radius 1 is 1.05 bits per heavy atom. The quantitative estimate of drug-likeness (QED) is 0.0966. The number of nitrogens with zero attached hydrogens (tertiary/aromatic N) is 4. The van der Waals surface area contributed by atoms with E-state index in [1.54, 1.807) is 60.7 Å². The second-order valence-corrected chi connectivity index (χ2v) is 10.8. The van der Waals surface area contributed by atoms with Gasteiger partial charge in [-0.2, -0.15) is 9.78 Å². The van der Waals surface area contributed by atoms with Crippen molar-refractivity contribution in [3.63, 3.8) is 0 Å². The van der Waals surface area contributed by atoms with Gasteiger partial charge in [0.15, 0.2) is 5.76 Å². The molecule has 0 radical (unpaired) electrons. The van der Waals surface area contributed by atoms with E-state index in [0.717, 1.165) is 14.5 Å². The SMILES string of the molecule is O=c1c2ccccc2nc(-c2cc3cc(Br)ccc3o2)n1N=Cc1cc(Cl)cc([N+](=O)[O-])c1OCc1ccccc1Cl. The molecule has 0 unspecified atom stereocenters. The Morgan fingerprint density at radius 2 is 1.83 bits per heavy atom. The first-order chi connectivity index (χ1) is 20.3. The highest BCUT2D eigenvalue weighted by molar-refractivity contribution is 9.10. The molecule has 4 aromatic carbocycles. The normalized spacial score (nSPS) is 11.5. The predicted molar refractivity (Wildman–Crippen MR) is 166 cm³/mol. The van der Waals surface area contributed by atoms with Crippen LogP contribution in [-0.4, -0.2) is 20.8 Å². The van der Waals surface area contributed by atoms with E-state index in [-0.39, 0.29) is 34.5 Å². The minimum atomic E-state index is -0.604. The molecule has 2 aromatic heterocycles. The first kappa shape index (κ1) is 27.6. The van der Waals surface area contributed by atoms with Crippen LogP contribution in [0.2, 0.25) is 10.0 Å². The smallest absolute Gasteiger partial charge is 0.313 e. The molecular formula is C30H17BrCl2N4O5. The number of aromatic nitrogens is 2. The van der Waals surface area contributed by atoms with Gasteiger partial charge in [-0.15, -0.1) is 0 Å². The first-order valence-corrected chi connectivity index (χ1v) is 13.9. The van der Waals surface area contributed by atoms with Gasteiger partial charge in [-0.25, -0.2) is 4.98 Å². The molecule has 0 saturated heterocycles. The van der Waals surface area contributed by atoms with E-state index in [1.165, 1.54) is 18.3 Å². The maximum absolute atomic E-state index is 13.7. The summed E-state index contributed by atoms with van der Waals surface area (Å²) in [6.45, 7) is -0.0553. The fraction of sp³-hybridized carbons (Fsp3) is 0.0333. The van der Waals surface area contributed by atoms with Gasteiger partial charge in [0.1, 0.15) is 12.2 Å². The van der Waals surface area contributed by atoms with E-state index in [2.05, 4.69) is 26.0 Å². The van der Waals surface area contributed by atoms with Crippen LogP contribution in [-0.2, 0) is 6.61 Å². The molecule has 42 heavy (non-hydrogen) atoms. The standard InChI is InChI=1S/C30H17BrCl2N4O5/c31-20-9-10-26-18(11-20)13-27(42-26)29-35-24-8-4-2-6-22(24)30(38)36(29)34-15-19-12-21(32)14-25(37(39)40)28(19)41-16-17-5-1-3-7-23(17)33/h1-15H,16H2.